The molecule has 2 aromatic rings. The second-order valence-electron chi connectivity index (χ2n) is 5.84. The molecule has 0 aliphatic carbocycles. The molecule has 0 radical (unpaired) electrons. The van der Waals surface area contributed by atoms with Gasteiger partial charge in [-0.05, 0) is 38.0 Å². The lowest BCUT2D eigenvalue weighted by Crippen LogP contribution is -2.41. The lowest BCUT2D eigenvalue weighted by Gasteiger charge is -2.22. The number of amides is 1. The van der Waals surface area contributed by atoms with Gasteiger partial charge >= 0.3 is 0 Å². The third kappa shape index (κ3) is 5.41. The highest BCUT2D eigenvalue weighted by molar-refractivity contribution is 7.89. The van der Waals surface area contributed by atoms with E-state index in [0.29, 0.717) is 13.0 Å². The van der Waals surface area contributed by atoms with Gasteiger partial charge in [-0.1, -0.05) is 48.0 Å². The van der Waals surface area contributed by atoms with Crippen molar-refractivity contribution in [2.75, 3.05) is 19.6 Å². The second kappa shape index (κ2) is 8.78. The number of sulfonamides is 1. The summed E-state index contributed by atoms with van der Waals surface area (Å²) in [5.74, 6) is -0.300. The summed E-state index contributed by atoms with van der Waals surface area (Å²) in [6.45, 7) is 4.24. The zero-order valence-corrected chi connectivity index (χ0v) is 15.4. The van der Waals surface area contributed by atoms with E-state index in [0.717, 1.165) is 11.1 Å². The summed E-state index contributed by atoms with van der Waals surface area (Å²) in [4.78, 5) is 12.2. The van der Waals surface area contributed by atoms with Crippen molar-refractivity contribution >= 4 is 15.9 Å². The van der Waals surface area contributed by atoms with Gasteiger partial charge in [0.15, 0.2) is 0 Å². The molecule has 2 aromatic carbocycles. The van der Waals surface area contributed by atoms with Gasteiger partial charge in [-0.15, -0.1) is 0 Å². The van der Waals surface area contributed by atoms with Crippen LogP contribution in [0, 0.1) is 6.92 Å². The van der Waals surface area contributed by atoms with Crippen molar-refractivity contribution in [1.82, 2.24) is 9.62 Å². The fourth-order valence-electron chi connectivity index (χ4n) is 2.46. The maximum absolute atomic E-state index is 13.0. The number of likely N-dealkylation sites (N-methyl/N-ethyl adjacent to an activating group) is 1. The normalized spacial score (nSPS) is 11.5. The van der Waals surface area contributed by atoms with Gasteiger partial charge in [-0.25, -0.2) is 8.42 Å². The number of carbonyl (C=O) groups is 1. The number of rotatable bonds is 8. The molecule has 0 atom stereocenters. The Balaban J connectivity index is 2.22. The summed E-state index contributed by atoms with van der Waals surface area (Å²) in [5.41, 5.74) is 2.01. The predicted molar refractivity (Wildman–Crippen MR) is 98.8 cm³/mol. The first-order chi connectivity index (χ1) is 11.9. The topological polar surface area (TPSA) is 66.5 Å². The van der Waals surface area contributed by atoms with Crippen LogP contribution in [0.5, 0.6) is 0 Å². The first-order valence-electron chi connectivity index (χ1n) is 8.31. The summed E-state index contributed by atoms with van der Waals surface area (Å²) >= 11 is 0. The molecule has 2 rings (SSSR count). The number of nitrogens with one attached hydrogen (secondary N) is 1. The summed E-state index contributed by atoms with van der Waals surface area (Å²) in [6, 6.07) is 16.3. The third-order valence-corrected chi connectivity index (χ3v) is 5.70. The van der Waals surface area contributed by atoms with E-state index in [-0.39, 0.29) is 23.9 Å². The van der Waals surface area contributed by atoms with Crippen molar-refractivity contribution in [2.45, 2.75) is 25.2 Å². The molecule has 1 N–H and O–H groups in total. The molecule has 6 heteroatoms. The van der Waals surface area contributed by atoms with Crippen molar-refractivity contribution in [3.8, 4) is 0 Å². The fourth-order valence-corrected chi connectivity index (χ4v) is 3.85. The highest BCUT2D eigenvalue weighted by Gasteiger charge is 2.26. The molecule has 0 aliphatic heterocycles. The Hall–Kier alpha value is -2.18. The highest BCUT2D eigenvalue weighted by Crippen LogP contribution is 2.17. The van der Waals surface area contributed by atoms with Crippen molar-refractivity contribution in [1.29, 1.82) is 0 Å². The van der Waals surface area contributed by atoms with Crippen LogP contribution < -0.4 is 5.32 Å². The monoisotopic (exact) mass is 360 g/mol. The van der Waals surface area contributed by atoms with E-state index in [1.807, 2.05) is 37.3 Å². The molecule has 0 aromatic heterocycles. The van der Waals surface area contributed by atoms with Crippen molar-refractivity contribution in [3.63, 3.8) is 0 Å². The fraction of sp³-hybridized carbons (Fsp3) is 0.316. The zero-order chi connectivity index (χ0) is 18.3. The molecule has 0 heterocycles. The smallest absolute Gasteiger partial charge is 0.243 e. The second-order valence-corrected chi connectivity index (χ2v) is 7.78. The number of hydrogen-bond donors (Lipinski definition) is 1. The lowest BCUT2D eigenvalue weighted by atomic mass is 10.1. The average molecular weight is 360 g/mol. The largest absolute Gasteiger partial charge is 0.355 e. The van der Waals surface area contributed by atoms with Crippen LogP contribution in [0.4, 0.5) is 0 Å². The maximum Gasteiger partial charge on any atom is 0.243 e. The van der Waals surface area contributed by atoms with Crippen LogP contribution in [0.2, 0.25) is 0 Å². The van der Waals surface area contributed by atoms with Crippen molar-refractivity contribution in [2.24, 2.45) is 0 Å². The zero-order valence-electron chi connectivity index (χ0n) is 14.6. The van der Waals surface area contributed by atoms with Crippen LogP contribution in [-0.4, -0.2) is 38.3 Å². The molecule has 0 saturated heterocycles. The average Bonchev–Trinajstić information content (AvgIpc) is 2.60. The minimum atomic E-state index is -3.73. The van der Waals surface area contributed by atoms with Crippen molar-refractivity contribution in [3.05, 3.63) is 65.7 Å². The van der Waals surface area contributed by atoms with Gasteiger partial charge in [0.2, 0.25) is 15.9 Å². The van der Waals surface area contributed by atoms with Crippen molar-refractivity contribution < 1.29 is 13.2 Å². The Kier molecular flexibility index (Phi) is 6.73. The first-order valence-corrected chi connectivity index (χ1v) is 9.75. The van der Waals surface area contributed by atoms with Crippen LogP contribution in [0.15, 0.2) is 59.5 Å². The van der Waals surface area contributed by atoms with Gasteiger partial charge in [0.25, 0.3) is 0 Å². The van der Waals surface area contributed by atoms with E-state index in [2.05, 4.69) is 5.32 Å². The van der Waals surface area contributed by atoms with E-state index >= 15 is 0 Å². The molecule has 0 aliphatic rings. The van der Waals surface area contributed by atoms with Crippen LogP contribution in [-0.2, 0) is 21.2 Å². The molecule has 134 valence electrons. The van der Waals surface area contributed by atoms with Gasteiger partial charge in [0.05, 0.1) is 11.4 Å². The SMILES string of the molecule is CCNC(=O)CN(CCc1ccccc1)S(=O)(=O)c1ccc(C)cc1. The summed E-state index contributed by atoms with van der Waals surface area (Å²) in [7, 11) is -3.73. The molecular weight excluding hydrogens is 336 g/mol. The van der Waals surface area contributed by atoms with Gasteiger partial charge < -0.3 is 5.32 Å². The number of nitrogens with zero attached hydrogens (tertiary/aromatic N) is 1. The maximum atomic E-state index is 13.0. The quantitative estimate of drug-likeness (QED) is 0.786. The Morgan fingerprint density at radius 2 is 1.68 bits per heavy atom. The lowest BCUT2D eigenvalue weighted by molar-refractivity contribution is -0.121. The van der Waals surface area contributed by atoms with E-state index < -0.39 is 10.0 Å². The van der Waals surface area contributed by atoms with E-state index in [9.17, 15) is 13.2 Å². The number of hydrogen-bond acceptors (Lipinski definition) is 3. The molecule has 0 unspecified atom stereocenters. The Labute approximate surface area is 149 Å². The minimum Gasteiger partial charge on any atom is -0.355 e. The number of benzene rings is 2. The molecule has 1 amide bonds. The summed E-state index contributed by atoms with van der Waals surface area (Å²) in [6.07, 6.45) is 0.547. The van der Waals surface area contributed by atoms with E-state index in [4.69, 9.17) is 0 Å². The van der Waals surface area contributed by atoms with Gasteiger partial charge in [-0.3, -0.25) is 4.79 Å². The van der Waals surface area contributed by atoms with Crippen LogP contribution >= 0.6 is 0 Å². The highest BCUT2D eigenvalue weighted by atomic mass is 32.2. The standard InChI is InChI=1S/C19H24N2O3S/c1-3-20-19(22)15-21(14-13-17-7-5-4-6-8-17)25(23,24)18-11-9-16(2)10-12-18/h4-12H,3,13-15H2,1-2H3,(H,20,22). The Bertz CT molecular complexity index is 787. The summed E-state index contributed by atoms with van der Waals surface area (Å²) < 4.78 is 27.1. The summed E-state index contributed by atoms with van der Waals surface area (Å²) in [5, 5.41) is 2.66. The Morgan fingerprint density at radius 3 is 2.28 bits per heavy atom. The van der Waals surface area contributed by atoms with Crippen LogP contribution in [0.3, 0.4) is 0 Å². The van der Waals surface area contributed by atoms with E-state index in [1.165, 1.54) is 4.31 Å². The first kappa shape index (κ1) is 19.1. The molecule has 5 nitrogen and oxygen atoms in total. The van der Waals surface area contributed by atoms with Gasteiger partial charge in [0, 0.05) is 13.1 Å². The molecule has 0 fully saturated rings. The third-order valence-electron chi connectivity index (χ3n) is 3.85. The minimum absolute atomic E-state index is 0.184. The molecule has 0 spiro atoms. The predicted octanol–water partition coefficient (Wildman–Crippen LogP) is 2.36. The number of aryl methyl sites for hydroxylation is 1. The molecule has 0 saturated carbocycles. The van der Waals surface area contributed by atoms with Crippen LogP contribution in [0.25, 0.3) is 0 Å². The van der Waals surface area contributed by atoms with Gasteiger partial charge in [-0.2, -0.15) is 4.31 Å². The van der Waals surface area contributed by atoms with E-state index in [1.54, 1.807) is 31.2 Å². The number of carbonyl (C=O) groups excluding carboxylic acids is 1. The van der Waals surface area contributed by atoms with Crippen LogP contribution in [0.1, 0.15) is 18.1 Å². The molecule has 25 heavy (non-hydrogen) atoms. The Morgan fingerprint density at radius 1 is 1.04 bits per heavy atom. The molecular formula is C19H24N2O3S. The molecule has 0 bridgehead atoms. The van der Waals surface area contributed by atoms with Gasteiger partial charge in [0.1, 0.15) is 0 Å².